The topological polar surface area (TPSA) is 24.9 Å². The van der Waals surface area contributed by atoms with Crippen molar-refractivity contribution in [3.8, 4) is 0 Å². The van der Waals surface area contributed by atoms with Gasteiger partial charge in [0.15, 0.2) is 5.13 Å². The maximum Gasteiger partial charge on any atom is 0.184 e. The first-order valence-electron chi connectivity index (χ1n) is 5.75. The van der Waals surface area contributed by atoms with E-state index in [2.05, 4.69) is 60.4 Å². The van der Waals surface area contributed by atoms with Gasteiger partial charge in [0, 0.05) is 15.5 Å². The first-order chi connectivity index (χ1) is 9.20. The number of hydrogen-bond acceptors (Lipinski definition) is 3. The quantitative estimate of drug-likeness (QED) is 0.636. The van der Waals surface area contributed by atoms with E-state index in [4.69, 9.17) is 0 Å². The average molecular weight is 398 g/mol. The Balaban J connectivity index is 1.78. The van der Waals surface area contributed by atoms with Crippen LogP contribution in [0.3, 0.4) is 0 Å². The highest BCUT2D eigenvalue weighted by Crippen LogP contribution is 2.28. The van der Waals surface area contributed by atoms with Crippen LogP contribution in [0.1, 0.15) is 5.56 Å². The Morgan fingerprint density at radius 3 is 2.74 bits per heavy atom. The van der Waals surface area contributed by atoms with Crippen LogP contribution in [0.2, 0.25) is 0 Å². The molecule has 5 heteroatoms. The summed E-state index contributed by atoms with van der Waals surface area (Å²) in [6, 6.07) is 14.4. The summed E-state index contributed by atoms with van der Waals surface area (Å²) in [6.07, 6.45) is 0. The van der Waals surface area contributed by atoms with Gasteiger partial charge in [0.25, 0.3) is 0 Å². The van der Waals surface area contributed by atoms with E-state index in [9.17, 15) is 0 Å². The summed E-state index contributed by atoms with van der Waals surface area (Å²) < 4.78 is 3.35. The summed E-state index contributed by atoms with van der Waals surface area (Å²) in [5.41, 5.74) is 2.26. The molecule has 19 heavy (non-hydrogen) atoms. The third kappa shape index (κ3) is 3.16. The monoisotopic (exact) mass is 396 g/mol. The van der Waals surface area contributed by atoms with Crippen LogP contribution in [0.4, 0.5) is 5.13 Å². The Kier molecular flexibility index (Phi) is 3.86. The number of hydrogen-bond donors (Lipinski definition) is 1. The minimum Gasteiger partial charge on any atom is -0.357 e. The molecule has 3 aromatic rings. The predicted molar refractivity (Wildman–Crippen MR) is 88.8 cm³/mol. The molecule has 0 aliphatic heterocycles. The summed E-state index contributed by atoms with van der Waals surface area (Å²) in [5.74, 6) is 0. The number of aromatic nitrogens is 1. The Hall–Kier alpha value is -0.910. The first-order valence-corrected chi connectivity index (χ1v) is 8.15. The number of nitrogens with one attached hydrogen (secondary N) is 1. The van der Waals surface area contributed by atoms with E-state index in [1.54, 1.807) is 11.3 Å². The molecule has 1 aromatic heterocycles. The molecule has 0 spiro atoms. The van der Waals surface area contributed by atoms with Gasteiger partial charge in [0.05, 0.1) is 10.2 Å². The molecule has 1 heterocycles. The molecule has 3 rings (SSSR count). The Morgan fingerprint density at radius 1 is 1.05 bits per heavy atom. The molecule has 2 nitrogen and oxygen atoms in total. The van der Waals surface area contributed by atoms with E-state index in [1.807, 2.05) is 24.3 Å². The van der Waals surface area contributed by atoms with Crippen molar-refractivity contribution in [1.29, 1.82) is 0 Å². The Labute approximate surface area is 132 Å². The smallest absolute Gasteiger partial charge is 0.184 e. The molecule has 0 saturated heterocycles. The molecule has 0 unspecified atom stereocenters. The maximum absolute atomic E-state index is 4.58. The number of rotatable bonds is 3. The summed E-state index contributed by atoms with van der Waals surface area (Å²) >= 11 is 8.62. The van der Waals surface area contributed by atoms with E-state index in [1.165, 1.54) is 10.3 Å². The lowest BCUT2D eigenvalue weighted by Crippen LogP contribution is -1.98. The number of thiazole rings is 1. The maximum atomic E-state index is 4.58. The molecule has 0 atom stereocenters. The van der Waals surface area contributed by atoms with Crippen molar-refractivity contribution in [3.63, 3.8) is 0 Å². The van der Waals surface area contributed by atoms with E-state index in [0.29, 0.717) is 0 Å². The van der Waals surface area contributed by atoms with Gasteiger partial charge in [-0.3, -0.25) is 0 Å². The van der Waals surface area contributed by atoms with Crippen molar-refractivity contribution in [1.82, 2.24) is 4.98 Å². The lowest BCUT2D eigenvalue weighted by atomic mass is 10.2. The molecule has 0 aliphatic rings. The second-order valence-electron chi connectivity index (χ2n) is 4.11. The van der Waals surface area contributed by atoms with Crippen molar-refractivity contribution < 1.29 is 0 Å². The van der Waals surface area contributed by atoms with Crippen molar-refractivity contribution in [2.75, 3.05) is 5.32 Å². The van der Waals surface area contributed by atoms with E-state index in [-0.39, 0.29) is 0 Å². The fraction of sp³-hybridized carbons (Fsp3) is 0.0714. The molecule has 0 saturated carbocycles. The average Bonchev–Trinajstić information content (AvgIpc) is 2.78. The first kappa shape index (κ1) is 13.1. The Morgan fingerprint density at radius 2 is 1.89 bits per heavy atom. The van der Waals surface area contributed by atoms with Gasteiger partial charge in [-0.25, -0.2) is 4.98 Å². The van der Waals surface area contributed by atoms with Crippen LogP contribution >= 0.6 is 43.2 Å². The molecular formula is C14H10Br2N2S. The van der Waals surface area contributed by atoms with Gasteiger partial charge in [-0.15, -0.1) is 0 Å². The number of fused-ring (bicyclic) bond motifs is 1. The highest BCUT2D eigenvalue weighted by atomic mass is 79.9. The van der Waals surface area contributed by atoms with Gasteiger partial charge < -0.3 is 5.32 Å². The highest BCUT2D eigenvalue weighted by molar-refractivity contribution is 9.10. The van der Waals surface area contributed by atoms with Crippen LogP contribution < -0.4 is 5.32 Å². The number of halogens is 2. The summed E-state index contributed by atoms with van der Waals surface area (Å²) in [4.78, 5) is 4.58. The number of anilines is 1. The fourth-order valence-electron chi connectivity index (χ4n) is 1.80. The summed E-state index contributed by atoms with van der Waals surface area (Å²) in [6.45, 7) is 0.778. The third-order valence-electron chi connectivity index (χ3n) is 2.68. The molecule has 0 radical (unpaired) electrons. The second-order valence-corrected chi connectivity index (χ2v) is 6.98. The standard InChI is InChI=1S/C14H10Br2N2S/c15-10-3-1-2-9(6-10)8-17-14-18-12-7-11(16)4-5-13(12)19-14/h1-7H,8H2,(H,17,18). The minimum atomic E-state index is 0.778. The summed E-state index contributed by atoms with van der Waals surface area (Å²) in [7, 11) is 0. The molecule has 0 aliphatic carbocycles. The number of nitrogens with zero attached hydrogens (tertiary/aromatic N) is 1. The van der Waals surface area contributed by atoms with Gasteiger partial charge in [0.2, 0.25) is 0 Å². The zero-order chi connectivity index (χ0) is 13.2. The predicted octanol–water partition coefficient (Wildman–Crippen LogP) is 5.43. The van der Waals surface area contributed by atoms with E-state index >= 15 is 0 Å². The minimum absolute atomic E-state index is 0.778. The molecule has 0 amide bonds. The van der Waals surface area contributed by atoms with E-state index < -0.39 is 0 Å². The second kappa shape index (κ2) is 5.61. The van der Waals surface area contributed by atoms with E-state index in [0.717, 1.165) is 26.1 Å². The van der Waals surface area contributed by atoms with Crippen LogP contribution in [-0.2, 0) is 6.54 Å². The summed E-state index contributed by atoms with van der Waals surface area (Å²) in [5, 5.41) is 4.32. The fourth-order valence-corrected chi connectivity index (χ4v) is 3.44. The zero-order valence-corrected chi connectivity index (χ0v) is 13.8. The number of benzene rings is 2. The molecule has 96 valence electrons. The van der Waals surface area contributed by atoms with Crippen molar-refractivity contribution >= 4 is 58.5 Å². The Bertz CT molecular complexity index is 724. The van der Waals surface area contributed by atoms with Crippen LogP contribution in [0.15, 0.2) is 51.4 Å². The molecular weight excluding hydrogens is 388 g/mol. The third-order valence-corrected chi connectivity index (χ3v) is 4.66. The van der Waals surface area contributed by atoms with Gasteiger partial charge in [0.1, 0.15) is 0 Å². The van der Waals surface area contributed by atoms with Gasteiger partial charge in [-0.1, -0.05) is 55.3 Å². The van der Waals surface area contributed by atoms with Crippen LogP contribution in [0.5, 0.6) is 0 Å². The lowest BCUT2D eigenvalue weighted by Gasteiger charge is -2.02. The van der Waals surface area contributed by atoms with Crippen molar-refractivity contribution in [2.24, 2.45) is 0 Å². The highest BCUT2D eigenvalue weighted by Gasteiger charge is 2.04. The zero-order valence-electron chi connectivity index (χ0n) is 9.86. The SMILES string of the molecule is Brc1cccc(CNc2nc3cc(Br)ccc3s2)c1. The van der Waals surface area contributed by atoms with Crippen LogP contribution in [-0.4, -0.2) is 4.98 Å². The van der Waals surface area contributed by atoms with Crippen LogP contribution in [0.25, 0.3) is 10.2 Å². The molecule has 2 aromatic carbocycles. The van der Waals surface area contributed by atoms with Gasteiger partial charge in [-0.05, 0) is 35.9 Å². The van der Waals surface area contributed by atoms with Gasteiger partial charge in [-0.2, -0.15) is 0 Å². The van der Waals surface area contributed by atoms with Gasteiger partial charge >= 0.3 is 0 Å². The molecule has 1 N–H and O–H groups in total. The van der Waals surface area contributed by atoms with Crippen molar-refractivity contribution in [3.05, 3.63) is 57.0 Å². The lowest BCUT2D eigenvalue weighted by molar-refractivity contribution is 1.14. The van der Waals surface area contributed by atoms with Crippen LogP contribution in [0, 0.1) is 0 Å². The molecule has 0 fully saturated rings. The normalized spacial score (nSPS) is 10.8. The van der Waals surface area contributed by atoms with Crippen molar-refractivity contribution in [2.45, 2.75) is 6.54 Å². The molecule has 0 bridgehead atoms. The largest absolute Gasteiger partial charge is 0.357 e.